The van der Waals surface area contributed by atoms with Crippen LogP contribution in [-0.4, -0.2) is 21.2 Å². The van der Waals surface area contributed by atoms with E-state index >= 15 is 0 Å². The zero-order chi connectivity index (χ0) is 11.0. The molecule has 2 saturated carbocycles. The molecule has 2 aliphatic rings. The predicted octanol–water partition coefficient (Wildman–Crippen LogP) is 2.80. The van der Waals surface area contributed by atoms with Crippen LogP contribution in [0, 0.1) is 11.8 Å². The van der Waals surface area contributed by atoms with E-state index in [2.05, 4.69) is 10.1 Å². The van der Waals surface area contributed by atoms with E-state index in [0.717, 1.165) is 10.7 Å². The molecule has 3 atom stereocenters. The fraction of sp³-hybridized carbons (Fsp3) is 0.500. The smallest absolute Gasteiger partial charge is 0.0966 e. The van der Waals surface area contributed by atoms with Crippen molar-refractivity contribution in [2.45, 2.75) is 29.5 Å². The van der Waals surface area contributed by atoms with Gasteiger partial charge >= 0.3 is 0 Å². The molecule has 0 amide bonds. The maximum Gasteiger partial charge on any atom is 0.0966 e. The van der Waals surface area contributed by atoms with Gasteiger partial charge in [0.05, 0.1) is 16.0 Å². The van der Waals surface area contributed by atoms with Gasteiger partial charge in [0, 0.05) is 12.1 Å². The predicted molar refractivity (Wildman–Crippen MR) is 63.9 cm³/mol. The first kappa shape index (κ1) is 10.1. The molecular weight excluding hydrogens is 220 g/mol. The Kier molecular flexibility index (Phi) is 2.59. The lowest BCUT2D eigenvalue weighted by Crippen LogP contribution is -2.24. The first-order valence-electron chi connectivity index (χ1n) is 5.68. The minimum atomic E-state index is 0.346. The normalized spacial score (nSPS) is 34.8. The highest BCUT2D eigenvalue weighted by Gasteiger charge is 2.46. The second kappa shape index (κ2) is 4.09. The van der Waals surface area contributed by atoms with Gasteiger partial charge in [-0.2, -0.15) is 0 Å². The summed E-state index contributed by atoms with van der Waals surface area (Å²) >= 11 is 1.75. The lowest BCUT2D eigenvalue weighted by Gasteiger charge is -2.21. The monoisotopic (exact) mass is 234 g/mol. The lowest BCUT2D eigenvalue weighted by molar-refractivity contribution is 0.314. The third kappa shape index (κ3) is 1.61. The third-order valence-corrected chi connectivity index (χ3v) is 4.98. The highest BCUT2D eigenvalue weighted by atomic mass is 32.2. The average molecular weight is 234 g/mol. The van der Waals surface area contributed by atoms with Gasteiger partial charge in [-0.3, -0.25) is 0 Å². The molecule has 2 fully saturated rings. The Balaban J connectivity index is 1.80. The molecule has 1 aromatic rings. The number of aromatic nitrogens is 1. The summed E-state index contributed by atoms with van der Waals surface area (Å²) < 4.78 is 0. The second-order valence-electron chi connectivity index (χ2n) is 4.50. The van der Waals surface area contributed by atoms with Gasteiger partial charge < -0.3 is 5.21 Å². The van der Waals surface area contributed by atoms with Gasteiger partial charge in [0.25, 0.3) is 0 Å². The summed E-state index contributed by atoms with van der Waals surface area (Å²) in [4.78, 5) is 4.32. The van der Waals surface area contributed by atoms with Gasteiger partial charge in [-0.15, -0.1) is 0 Å². The van der Waals surface area contributed by atoms with Crippen LogP contribution in [-0.2, 0) is 0 Å². The van der Waals surface area contributed by atoms with E-state index in [1.807, 2.05) is 24.4 Å². The summed E-state index contributed by atoms with van der Waals surface area (Å²) in [7, 11) is 0. The van der Waals surface area contributed by atoms with E-state index in [0.29, 0.717) is 17.1 Å². The number of hydrogen-bond acceptors (Lipinski definition) is 4. The van der Waals surface area contributed by atoms with Crippen LogP contribution in [0.1, 0.15) is 19.3 Å². The molecule has 2 bridgehead atoms. The Bertz CT molecular complexity index is 407. The molecule has 1 aromatic heterocycles. The quantitative estimate of drug-likeness (QED) is 0.632. The van der Waals surface area contributed by atoms with E-state index in [9.17, 15) is 0 Å². The van der Waals surface area contributed by atoms with Crippen molar-refractivity contribution in [1.82, 2.24) is 4.98 Å². The molecule has 0 radical (unpaired) electrons. The third-order valence-electron chi connectivity index (χ3n) is 3.61. The zero-order valence-electron chi connectivity index (χ0n) is 8.91. The molecule has 1 heterocycles. The van der Waals surface area contributed by atoms with Gasteiger partial charge in [-0.25, -0.2) is 4.98 Å². The standard InChI is InChI=1S/C12H14N2OS/c15-14-11-8-4-5-9(7-8)12(11)16-10-3-1-2-6-13-10/h1-3,6,8-9,12,15H,4-5,7H2/b14-11-/t8-,9-,12+/m0/s1. The SMILES string of the molecule is O/N=C1/[C@H]2CC[C@@H](C2)[C@H]1Sc1ccccn1. The molecule has 0 aliphatic heterocycles. The molecular formula is C12H14N2OS. The fourth-order valence-corrected chi connectivity index (χ4v) is 4.21. The van der Waals surface area contributed by atoms with Crippen molar-refractivity contribution in [2.75, 3.05) is 0 Å². The number of pyridine rings is 1. The molecule has 3 rings (SSSR count). The molecule has 0 saturated heterocycles. The Morgan fingerprint density at radius 1 is 1.38 bits per heavy atom. The molecule has 4 heteroatoms. The van der Waals surface area contributed by atoms with Gasteiger partial charge in [-0.1, -0.05) is 23.0 Å². The summed E-state index contributed by atoms with van der Waals surface area (Å²) in [6.07, 6.45) is 5.48. The molecule has 0 aromatic carbocycles. The van der Waals surface area contributed by atoms with E-state index in [4.69, 9.17) is 5.21 Å². The summed E-state index contributed by atoms with van der Waals surface area (Å²) in [5.74, 6) is 1.21. The Morgan fingerprint density at radius 2 is 2.31 bits per heavy atom. The topological polar surface area (TPSA) is 45.5 Å². The average Bonchev–Trinajstić information content (AvgIpc) is 2.91. The first-order chi connectivity index (χ1) is 7.88. The summed E-state index contributed by atoms with van der Waals surface area (Å²) in [5, 5.41) is 14.0. The van der Waals surface area contributed by atoms with Crippen LogP contribution < -0.4 is 0 Å². The van der Waals surface area contributed by atoms with Crippen molar-refractivity contribution in [3.05, 3.63) is 24.4 Å². The summed E-state index contributed by atoms with van der Waals surface area (Å²) in [6, 6.07) is 5.94. The Labute approximate surface area is 99.0 Å². The van der Waals surface area contributed by atoms with E-state index in [1.165, 1.54) is 19.3 Å². The zero-order valence-corrected chi connectivity index (χ0v) is 9.73. The second-order valence-corrected chi connectivity index (χ2v) is 5.66. The number of fused-ring (bicyclic) bond motifs is 2. The van der Waals surface area contributed by atoms with Gasteiger partial charge in [0.2, 0.25) is 0 Å². The molecule has 0 unspecified atom stereocenters. The van der Waals surface area contributed by atoms with Crippen molar-refractivity contribution < 1.29 is 5.21 Å². The maximum atomic E-state index is 9.09. The van der Waals surface area contributed by atoms with Crippen LogP contribution in [0.4, 0.5) is 0 Å². The van der Waals surface area contributed by atoms with Crippen LogP contribution in [0.3, 0.4) is 0 Å². The number of rotatable bonds is 2. The largest absolute Gasteiger partial charge is 0.411 e. The number of oxime groups is 1. The number of thioether (sulfide) groups is 1. The van der Waals surface area contributed by atoms with Crippen LogP contribution in [0.25, 0.3) is 0 Å². The van der Waals surface area contributed by atoms with Crippen molar-refractivity contribution >= 4 is 17.5 Å². The van der Waals surface area contributed by atoms with Crippen LogP contribution >= 0.6 is 11.8 Å². The number of hydrogen-bond donors (Lipinski definition) is 1. The van der Waals surface area contributed by atoms with Crippen LogP contribution in [0.5, 0.6) is 0 Å². The highest BCUT2D eigenvalue weighted by Crippen LogP contribution is 2.49. The molecule has 0 spiro atoms. The van der Waals surface area contributed by atoms with E-state index in [1.54, 1.807) is 11.8 Å². The van der Waals surface area contributed by atoms with Gasteiger partial charge in [0.1, 0.15) is 0 Å². The molecule has 1 N–H and O–H groups in total. The van der Waals surface area contributed by atoms with Crippen molar-refractivity contribution in [3.63, 3.8) is 0 Å². The van der Waals surface area contributed by atoms with Crippen LogP contribution in [0.2, 0.25) is 0 Å². The molecule has 16 heavy (non-hydrogen) atoms. The maximum absolute atomic E-state index is 9.09. The molecule has 84 valence electrons. The van der Waals surface area contributed by atoms with Crippen molar-refractivity contribution in [1.29, 1.82) is 0 Å². The van der Waals surface area contributed by atoms with Crippen molar-refractivity contribution in [2.24, 2.45) is 17.0 Å². The summed E-state index contributed by atoms with van der Waals surface area (Å²) in [5.41, 5.74) is 0.993. The van der Waals surface area contributed by atoms with Crippen molar-refractivity contribution in [3.8, 4) is 0 Å². The fourth-order valence-electron chi connectivity index (χ4n) is 2.88. The van der Waals surface area contributed by atoms with Crippen LogP contribution in [0.15, 0.2) is 34.6 Å². The van der Waals surface area contributed by atoms with E-state index < -0.39 is 0 Å². The minimum Gasteiger partial charge on any atom is -0.411 e. The highest BCUT2D eigenvalue weighted by molar-refractivity contribution is 8.00. The van der Waals surface area contributed by atoms with Gasteiger partial charge in [0.15, 0.2) is 0 Å². The minimum absolute atomic E-state index is 0.346. The van der Waals surface area contributed by atoms with E-state index in [-0.39, 0.29) is 0 Å². The first-order valence-corrected chi connectivity index (χ1v) is 6.56. The van der Waals surface area contributed by atoms with Gasteiger partial charge in [-0.05, 0) is 37.3 Å². The Morgan fingerprint density at radius 3 is 3.06 bits per heavy atom. The molecule has 2 aliphatic carbocycles. The lowest BCUT2D eigenvalue weighted by atomic mass is 9.98. The summed E-state index contributed by atoms with van der Waals surface area (Å²) in [6.45, 7) is 0. The Hall–Kier alpha value is -1.03. The molecule has 3 nitrogen and oxygen atoms in total. The number of nitrogens with zero attached hydrogens (tertiary/aromatic N) is 2.